The Bertz CT molecular complexity index is 709. The predicted octanol–water partition coefficient (Wildman–Crippen LogP) is 3.31. The SMILES string of the molecule is CCOC(=O)C1=C(COC(C)=O)NC(C)=CC1c1cccc(Cl)c1. The van der Waals surface area contributed by atoms with E-state index in [9.17, 15) is 9.59 Å². The molecule has 1 aromatic rings. The second kappa shape index (κ2) is 8.02. The van der Waals surface area contributed by atoms with Gasteiger partial charge in [-0.25, -0.2) is 4.79 Å². The minimum atomic E-state index is -0.444. The third-order valence-corrected chi connectivity index (χ3v) is 3.76. The Labute approximate surface area is 146 Å². The number of nitrogens with one attached hydrogen (secondary N) is 1. The number of hydrogen-bond acceptors (Lipinski definition) is 5. The first-order chi connectivity index (χ1) is 11.4. The highest BCUT2D eigenvalue weighted by molar-refractivity contribution is 6.30. The molecule has 0 saturated heterocycles. The molecule has 1 aliphatic rings. The number of ether oxygens (including phenoxy) is 2. The van der Waals surface area contributed by atoms with Gasteiger partial charge in [0.05, 0.1) is 17.9 Å². The number of carbonyl (C=O) groups excluding carboxylic acids is 2. The van der Waals surface area contributed by atoms with E-state index in [-0.39, 0.29) is 19.1 Å². The number of hydrogen-bond donors (Lipinski definition) is 1. The molecule has 1 aliphatic heterocycles. The molecule has 6 heteroatoms. The summed E-state index contributed by atoms with van der Waals surface area (Å²) in [6.07, 6.45) is 1.93. The molecule has 5 nitrogen and oxygen atoms in total. The first-order valence-electron chi connectivity index (χ1n) is 7.66. The third kappa shape index (κ3) is 4.38. The number of allylic oxidation sites excluding steroid dienone is 2. The molecule has 0 aromatic heterocycles. The van der Waals surface area contributed by atoms with Gasteiger partial charge in [-0.3, -0.25) is 4.79 Å². The Morgan fingerprint density at radius 1 is 1.29 bits per heavy atom. The van der Waals surface area contributed by atoms with Crippen LogP contribution in [0.1, 0.15) is 32.3 Å². The minimum absolute atomic E-state index is 0.0221. The van der Waals surface area contributed by atoms with Gasteiger partial charge in [-0.15, -0.1) is 0 Å². The average Bonchev–Trinajstić information content (AvgIpc) is 2.52. The topological polar surface area (TPSA) is 64.6 Å². The lowest BCUT2D eigenvalue weighted by Crippen LogP contribution is -2.29. The summed E-state index contributed by atoms with van der Waals surface area (Å²) in [5.74, 6) is -1.19. The van der Waals surface area contributed by atoms with E-state index in [1.54, 1.807) is 13.0 Å². The van der Waals surface area contributed by atoms with Gasteiger partial charge < -0.3 is 14.8 Å². The maximum Gasteiger partial charge on any atom is 0.336 e. The Hall–Kier alpha value is -2.27. The molecule has 0 fully saturated rings. The van der Waals surface area contributed by atoms with Crippen molar-refractivity contribution in [2.45, 2.75) is 26.7 Å². The lowest BCUT2D eigenvalue weighted by atomic mass is 9.86. The van der Waals surface area contributed by atoms with E-state index < -0.39 is 11.9 Å². The molecule has 1 heterocycles. The minimum Gasteiger partial charge on any atom is -0.463 e. The third-order valence-electron chi connectivity index (χ3n) is 3.52. The van der Waals surface area contributed by atoms with Crippen LogP contribution in [0.15, 0.2) is 47.3 Å². The zero-order chi connectivity index (χ0) is 17.7. The van der Waals surface area contributed by atoms with Crippen molar-refractivity contribution in [2.24, 2.45) is 0 Å². The summed E-state index contributed by atoms with van der Waals surface area (Å²) in [6.45, 7) is 5.19. The molecule has 0 amide bonds. The van der Waals surface area contributed by atoms with Gasteiger partial charge in [0.2, 0.25) is 0 Å². The highest BCUT2D eigenvalue weighted by atomic mass is 35.5. The van der Waals surface area contributed by atoms with Crippen LogP contribution >= 0.6 is 11.6 Å². The Morgan fingerprint density at radius 3 is 2.67 bits per heavy atom. The number of rotatable bonds is 5. The first kappa shape index (κ1) is 18.1. The van der Waals surface area contributed by atoms with E-state index >= 15 is 0 Å². The van der Waals surface area contributed by atoms with Crippen LogP contribution < -0.4 is 5.32 Å². The smallest absolute Gasteiger partial charge is 0.336 e. The van der Waals surface area contributed by atoms with Crippen LogP contribution in [0.5, 0.6) is 0 Å². The molecule has 1 atom stereocenters. The highest BCUT2D eigenvalue weighted by Crippen LogP contribution is 2.34. The quantitative estimate of drug-likeness (QED) is 0.826. The Balaban J connectivity index is 2.48. The summed E-state index contributed by atoms with van der Waals surface area (Å²) >= 11 is 6.09. The van der Waals surface area contributed by atoms with E-state index in [2.05, 4.69) is 5.32 Å². The second-order valence-electron chi connectivity index (χ2n) is 5.40. The standard InChI is InChI=1S/C18H20ClNO4/c1-4-23-18(22)17-15(13-6-5-7-14(19)9-13)8-11(2)20-16(17)10-24-12(3)21/h5-9,15,20H,4,10H2,1-3H3. The first-order valence-corrected chi connectivity index (χ1v) is 8.04. The number of esters is 2. The number of dihydropyridines is 1. The van der Waals surface area contributed by atoms with Crippen molar-refractivity contribution in [3.05, 3.63) is 57.9 Å². The number of halogens is 1. The van der Waals surface area contributed by atoms with Crippen molar-refractivity contribution >= 4 is 23.5 Å². The molecule has 1 unspecified atom stereocenters. The van der Waals surface area contributed by atoms with Gasteiger partial charge in [-0.2, -0.15) is 0 Å². The molecular weight excluding hydrogens is 330 g/mol. The number of benzene rings is 1. The molecule has 1 aromatic carbocycles. The van der Waals surface area contributed by atoms with Gasteiger partial charge in [-0.1, -0.05) is 29.8 Å². The van der Waals surface area contributed by atoms with Crippen LogP contribution in [0.2, 0.25) is 5.02 Å². The van der Waals surface area contributed by atoms with Crippen molar-refractivity contribution in [3.63, 3.8) is 0 Å². The van der Waals surface area contributed by atoms with Crippen LogP contribution in [-0.2, 0) is 19.1 Å². The summed E-state index contributed by atoms with van der Waals surface area (Å²) in [6, 6.07) is 7.31. The van der Waals surface area contributed by atoms with Crippen molar-refractivity contribution in [2.75, 3.05) is 13.2 Å². The van der Waals surface area contributed by atoms with Crippen LogP contribution in [0.25, 0.3) is 0 Å². The summed E-state index contributed by atoms with van der Waals surface area (Å²) in [4.78, 5) is 23.7. The summed E-state index contributed by atoms with van der Waals surface area (Å²) in [5, 5.41) is 3.69. The molecular formula is C18H20ClNO4. The predicted molar refractivity (Wildman–Crippen MR) is 91.4 cm³/mol. The largest absolute Gasteiger partial charge is 0.463 e. The summed E-state index contributed by atoms with van der Waals surface area (Å²) in [5.41, 5.74) is 2.67. The fraction of sp³-hybridized carbons (Fsp3) is 0.333. The maximum absolute atomic E-state index is 12.5. The lowest BCUT2D eigenvalue weighted by Gasteiger charge is -2.27. The van der Waals surface area contributed by atoms with Gasteiger partial charge in [0.1, 0.15) is 6.61 Å². The average molecular weight is 350 g/mol. The van der Waals surface area contributed by atoms with Gasteiger partial charge in [-0.05, 0) is 31.5 Å². The van der Waals surface area contributed by atoms with E-state index in [0.717, 1.165) is 11.3 Å². The summed E-state index contributed by atoms with van der Waals surface area (Å²) in [7, 11) is 0. The molecule has 2 rings (SSSR count). The van der Waals surface area contributed by atoms with Crippen LogP contribution in [0.3, 0.4) is 0 Å². The fourth-order valence-electron chi connectivity index (χ4n) is 2.58. The second-order valence-corrected chi connectivity index (χ2v) is 5.84. The normalized spacial score (nSPS) is 17.0. The molecule has 1 N–H and O–H groups in total. The van der Waals surface area contributed by atoms with Crippen molar-refractivity contribution < 1.29 is 19.1 Å². The molecule has 0 aliphatic carbocycles. The fourth-order valence-corrected chi connectivity index (χ4v) is 2.78. The monoisotopic (exact) mass is 349 g/mol. The van der Waals surface area contributed by atoms with Crippen LogP contribution in [-0.4, -0.2) is 25.2 Å². The molecule has 128 valence electrons. The van der Waals surface area contributed by atoms with Gasteiger partial charge >= 0.3 is 11.9 Å². The molecule has 0 saturated carbocycles. The van der Waals surface area contributed by atoms with Gasteiger partial charge in [0.15, 0.2) is 0 Å². The molecule has 0 bridgehead atoms. The molecule has 24 heavy (non-hydrogen) atoms. The van der Waals surface area contributed by atoms with Crippen molar-refractivity contribution in [3.8, 4) is 0 Å². The zero-order valence-corrected chi connectivity index (χ0v) is 14.6. The van der Waals surface area contributed by atoms with Gasteiger partial charge in [0, 0.05) is 23.6 Å². The molecule has 0 spiro atoms. The van der Waals surface area contributed by atoms with E-state index in [1.165, 1.54) is 6.92 Å². The van der Waals surface area contributed by atoms with Crippen molar-refractivity contribution in [1.82, 2.24) is 5.32 Å². The highest BCUT2D eigenvalue weighted by Gasteiger charge is 2.30. The van der Waals surface area contributed by atoms with E-state index in [0.29, 0.717) is 16.3 Å². The Morgan fingerprint density at radius 2 is 2.04 bits per heavy atom. The van der Waals surface area contributed by atoms with E-state index in [4.69, 9.17) is 21.1 Å². The number of carbonyl (C=O) groups is 2. The maximum atomic E-state index is 12.5. The van der Waals surface area contributed by atoms with Crippen LogP contribution in [0, 0.1) is 0 Å². The Kier molecular flexibility index (Phi) is 6.04. The molecule has 0 radical (unpaired) electrons. The van der Waals surface area contributed by atoms with Crippen LogP contribution in [0.4, 0.5) is 0 Å². The van der Waals surface area contributed by atoms with Gasteiger partial charge in [0.25, 0.3) is 0 Å². The zero-order valence-electron chi connectivity index (χ0n) is 13.9. The lowest BCUT2D eigenvalue weighted by molar-refractivity contribution is -0.141. The summed E-state index contributed by atoms with van der Waals surface area (Å²) < 4.78 is 10.3. The van der Waals surface area contributed by atoms with Crippen molar-refractivity contribution in [1.29, 1.82) is 0 Å². The van der Waals surface area contributed by atoms with E-state index in [1.807, 2.05) is 31.2 Å².